The number of nitrogens with one attached hydrogen (secondary N) is 1. The molecule has 1 aliphatic rings. The summed E-state index contributed by atoms with van der Waals surface area (Å²) in [5, 5.41) is 2.75. The van der Waals surface area contributed by atoms with Crippen LogP contribution >= 0.6 is 0 Å². The van der Waals surface area contributed by atoms with Gasteiger partial charge >= 0.3 is 6.09 Å². The summed E-state index contributed by atoms with van der Waals surface area (Å²) in [7, 11) is 0. The van der Waals surface area contributed by atoms with E-state index in [1.165, 1.54) is 22.3 Å². The van der Waals surface area contributed by atoms with E-state index >= 15 is 0 Å². The maximum Gasteiger partial charge on any atom is 0.407 e. The minimum Gasteiger partial charge on any atom is -0.449 e. The van der Waals surface area contributed by atoms with Gasteiger partial charge in [-0.3, -0.25) is 0 Å². The van der Waals surface area contributed by atoms with Gasteiger partial charge in [0.25, 0.3) is 0 Å². The fraction of sp³-hybridized carbons (Fsp3) is 0.167. The van der Waals surface area contributed by atoms with Crippen LogP contribution in [-0.4, -0.2) is 24.2 Å². The summed E-state index contributed by atoms with van der Waals surface area (Å²) in [4.78, 5) is 16.4. The van der Waals surface area contributed by atoms with Crippen molar-refractivity contribution in [2.24, 2.45) is 0 Å². The molecule has 0 bridgehead atoms. The van der Waals surface area contributed by atoms with Crippen molar-refractivity contribution in [2.45, 2.75) is 12.8 Å². The van der Waals surface area contributed by atoms with E-state index < -0.39 is 6.09 Å². The van der Waals surface area contributed by atoms with Crippen LogP contribution in [0.2, 0.25) is 0 Å². The Kier molecular flexibility index (Phi) is 5.39. The Morgan fingerprint density at radius 2 is 1.73 bits per heavy atom. The number of ether oxygens (including phenoxy) is 1. The molecular formula is C24H24N4O2. The number of nitrogen functional groups attached to an aromatic ring is 2. The van der Waals surface area contributed by atoms with Gasteiger partial charge < -0.3 is 21.5 Å². The van der Waals surface area contributed by atoms with Gasteiger partial charge in [0, 0.05) is 18.2 Å². The largest absolute Gasteiger partial charge is 0.449 e. The summed E-state index contributed by atoms with van der Waals surface area (Å²) >= 11 is 0. The Hall–Kier alpha value is -3.80. The number of hydrogen-bond donors (Lipinski definition) is 3. The van der Waals surface area contributed by atoms with Crippen LogP contribution in [0.5, 0.6) is 0 Å². The number of aromatic nitrogens is 1. The second kappa shape index (κ2) is 8.29. The lowest BCUT2D eigenvalue weighted by molar-refractivity contribution is 0.144. The molecule has 152 valence electrons. The fourth-order valence-corrected chi connectivity index (χ4v) is 3.80. The van der Waals surface area contributed by atoms with Crippen LogP contribution < -0.4 is 16.8 Å². The number of nitrogens with zero attached hydrogens (tertiary/aromatic N) is 1. The number of alkyl carbamates (subject to hydrolysis) is 1. The number of carbonyl (C=O) groups is 1. The van der Waals surface area contributed by atoms with E-state index in [4.69, 9.17) is 16.2 Å². The molecule has 6 nitrogen and oxygen atoms in total. The first-order valence-electron chi connectivity index (χ1n) is 9.82. The summed E-state index contributed by atoms with van der Waals surface area (Å²) < 4.78 is 5.52. The fourth-order valence-electron chi connectivity index (χ4n) is 3.80. The molecular weight excluding hydrogens is 376 g/mol. The summed E-state index contributed by atoms with van der Waals surface area (Å²) in [6.07, 6.45) is 3.22. The first kappa shape index (κ1) is 19.5. The van der Waals surface area contributed by atoms with Crippen LogP contribution in [0.4, 0.5) is 16.3 Å². The third-order valence-corrected chi connectivity index (χ3v) is 5.32. The van der Waals surface area contributed by atoms with Gasteiger partial charge in [0.15, 0.2) is 0 Å². The van der Waals surface area contributed by atoms with Crippen molar-refractivity contribution in [3.63, 3.8) is 0 Å². The molecule has 1 aliphatic carbocycles. The molecule has 0 unspecified atom stereocenters. The third-order valence-electron chi connectivity index (χ3n) is 5.32. The van der Waals surface area contributed by atoms with Crippen molar-refractivity contribution in [2.75, 3.05) is 24.6 Å². The quantitative estimate of drug-likeness (QED) is 0.598. The normalized spacial score (nSPS) is 12.6. The number of amides is 1. The highest BCUT2D eigenvalue weighted by molar-refractivity contribution is 5.79. The first-order valence-corrected chi connectivity index (χ1v) is 9.82. The zero-order valence-corrected chi connectivity index (χ0v) is 16.8. The van der Waals surface area contributed by atoms with E-state index in [1.807, 2.05) is 43.3 Å². The van der Waals surface area contributed by atoms with Gasteiger partial charge in [-0.15, -0.1) is 0 Å². The smallest absolute Gasteiger partial charge is 0.407 e. The number of fused-ring (bicyclic) bond motifs is 3. The van der Waals surface area contributed by atoms with Gasteiger partial charge in [-0.2, -0.15) is 0 Å². The number of rotatable bonds is 5. The van der Waals surface area contributed by atoms with Crippen LogP contribution in [0.1, 0.15) is 28.3 Å². The van der Waals surface area contributed by atoms with E-state index in [-0.39, 0.29) is 5.92 Å². The molecule has 0 fully saturated rings. The number of nitrogens with two attached hydrogens (primary N) is 2. The molecule has 1 heterocycles. The molecule has 30 heavy (non-hydrogen) atoms. The Bertz CT molecular complexity index is 1080. The van der Waals surface area contributed by atoms with Crippen molar-refractivity contribution < 1.29 is 9.53 Å². The Balaban J connectivity index is 1.34. The van der Waals surface area contributed by atoms with Crippen molar-refractivity contribution in [3.8, 4) is 11.1 Å². The van der Waals surface area contributed by atoms with Gasteiger partial charge in [-0.25, -0.2) is 9.78 Å². The SMILES string of the molecule is Cc1nc(N)c(N)cc1C=CCNC(=O)OCC1c2ccccc2-c2ccccc21. The van der Waals surface area contributed by atoms with Crippen LogP contribution in [0.25, 0.3) is 17.2 Å². The number of carbonyl (C=O) groups excluding carboxylic acids is 1. The monoisotopic (exact) mass is 400 g/mol. The van der Waals surface area contributed by atoms with Gasteiger partial charge in [0.05, 0.1) is 5.69 Å². The average molecular weight is 400 g/mol. The summed E-state index contributed by atoms with van der Waals surface area (Å²) in [6, 6.07) is 18.3. The number of pyridine rings is 1. The highest BCUT2D eigenvalue weighted by Gasteiger charge is 2.28. The molecule has 0 saturated carbocycles. The highest BCUT2D eigenvalue weighted by atomic mass is 16.5. The topological polar surface area (TPSA) is 103 Å². The van der Waals surface area contributed by atoms with Crippen molar-refractivity contribution in [1.29, 1.82) is 0 Å². The molecule has 6 heteroatoms. The number of anilines is 2. The van der Waals surface area contributed by atoms with E-state index in [0.717, 1.165) is 11.3 Å². The van der Waals surface area contributed by atoms with Crippen molar-refractivity contribution >= 4 is 23.7 Å². The minimum atomic E-state index is -0.451. The molecule has 0 atom stereocenters. The molecule has 1 aromatic heterocycles. The van der Waals surface area contributed by atoms with Crippen LogP contribution in [0.15, 0.2) is 60.7 Å². The Morgan fingerprint density at radius 1 is 1.10 bits per heavy atom. The summed E-state index contributed by atoms with van der Waals surface area (Å²) in [6.45, 7) is 2.48. The van der Waals surface area contributed by atoms with Crippen molar-refractivity contribution in [1.82, 2.24) is 10.3 Å². The number of hydrogen-bond acceptors (Lipinski definition) is 5. The second-order valence-corrected chi connectivity index (χ2v) is 7.25. The molecule has 0 saturated heterocycles. The van der Waals surface area contributed by atoms with E-state index in [2.05, 4.69) is 34.6 Å². The van der Waals surface area contributed by atoms with E-state index in [9.17, 15) is 4.79 Å². The maximum absolute atomic E-state index is 12.2. The number of aryl methyl sites for hydroxylation is 1. The lowest BCUT2D eigenvalue weighted by Crippen LogP contribution is -2.26. The molecule has 3 aromatic rings. The standard InChI is InChI=1S/C24H24N4O2/c1-15-16(13-22(25)23(26)28-15)7-6-12-27-24(29)30-14-21-19-10-4-2-8-17(19)18-9-3-5-11-20(18)21/h2-11,13,21H,12,14,25H2,1H3,(H2,26,28)(H,27,29). The average Bonchev–Trinajstić information content (AvgIpc) is 3.07. The van der Waals surface area contributed by atoms with Crippen LogP contribution in [0, 0.1) is 6.92 Å². The molecule has 4 rings (SSSR count). The molecule has 0 radical (unpaired) electrons. The summed E-state index contributed by atoms with van der Waals surface area (Å²) in [5.74, 6) is 0.367. The summed E-state index contributed by atoms with van der Waals surface area (Å²) in [5.41, 5.74) is 18.4. The minimum absolute atomic E-state index is 0.0465. The lowest BCUT2D eigenvalue weighted by atomic mass is 9.98. The Labute approximate surface area is 175 Å². The van der Waals surface area contributed by atoms with Gasteiger partial charge in [-0.05, 0) is 40.8 Å². The van der Waals surface area contributed by atoms with Crippen LogP contribution in [0.3, 0.4) is 0 Å². The first-order chi connectivity index (χ1) is 14.5. The zero-order chi connectivity index (χ0) is 21.1. The molecule has 1 amide bonds. The molecule has 0 spiro atoms. The van der Waals surface area contributed by atoms with Crippen molar-refractivity contribution in [3.05, 3.63) is 83.1 Å². The maximum atomic E-state index is 12.2. The number of benzene rings is 2. The Morgan fingerprint density at radius 3 is 2.40 bits per heavy atom. The molecule has 5 N–H and O–H groups in total. The highest BCUT2D eigenvalue weighted by Crippen LogP contribution is 2.44. The van der Waals surface area contributed by atoms with E-state index in [1.54, 1.807) is 6.07 Å². The molecule has 2 aromatic carbocycles. The van der Waals surface area contributed by atoms with E-state index in [0.29, 0.717) is 24.7 Å². The van der Waals surface area contributed by atoms with Gasteiger partial charge in [0.1, 0.15) is 12.4 Å². The predicted octanol–water partition coefficient (Wildman–Crippen LogP) is 4.11. The molecule has 0 aliphatic heterocycles. The predicted molar refractivity (Wildman–Crippen MR) is 120 cm³/mol. The van der Waals surface area contributed by atoms with Gasteiger partial charge in [0.2, 0.25) is 0 Å². The lowest BCUT2D eigenvalue weighted by Gasteiger charge is -2.14. The zero-order valence-electron chi connectivity index (χ0n) is 16.8. The van der Waals surface area contributed by atoms with Gasteiger partial charge in [-0.1, -0.05) is 60.7 Å². The second-order valence-electron chi connectivity index (χ2n) is 7.25. The van der Waals surface area contributed by atoms with Crippen LogP contribution in [-0.2, 0) is 4.74 Å². The third kappa shape index (κ3) is 3.85.